The van der Waals surface area contributed by atoms with Crippen LogP contribution in [0.25, 0.3) is 11.0 Å². The van der Waals surface area contributed by atoms with Crippen LogP contribution in [0.1, 0.15) is 35.3 Å². The molecule has 6 nitrogen and oxygen atoms in total. The van der Waals surface area contributed by atoms with Crippen LogP contribution in [0.2, 0.25) is 0 Å². The van der Waals surface area contributed by atoms with E-state index in [0.29, 0.717) is 12.1 Å². The Morgan fingerprint density at radius 1 is 1.40 bits per heavy atom. The van der Waals surface area contributed by atoms with E-state index in [0.717, 1.165) is 36.0 Å². The Morgan fingerprint density at radius 3 is 2.95 bits per heavy atom. The molecule has 0 atom stereocenters. The molecule has 0 aliphatic carbocycles. The lowest BCUT2D eigenvalue weighted by atomic mass is 10.2. The number of carbonyl (C=O) groups is 1. The number of rotatable bonds is 6. The number of fused-ring (bicyclic) bond motifs is 1. The molecule has 0 radical (unpaired) electrons. The van der Waals surface area contributed by atoms with Crippen LogP contribution in [-0.4, -0.2) is 38.9 Å². The highest BCUT2D eigenvalue weighted by atomic mass is 16.2. The third kappa shape index (κ3) is 3.14. The van der Waals surface area contributed by atoms with Gasteiger partial charge in [-0.15, -0.1) is 0 Å². The largest absolute Gasteiger partial charge is 0.396 e. The van der Waals surface area contributed by atoms with Gasteiger partial charge in [-0.2, -0.15) is 5.10 Å². The fourth-order valence-corrected chi connectivity index (χ4v) is 2.15. The summed E-state index contributed by atoms with van der Waals surface area (Å²) >= 11 is 0. The van der Waals surface area contributed by atoms with Gasteiger partial charge in [-0.1, -0.05) is 0 Å². The van der Waals surface area contributed by atoms with Crippen molar-refractivity contribution < 1.29 is 9.90 Å². The lowest BCUT2D eigenvalue weighted by molar-refractivity contribution is 0.0952. The second-order valence-corrected chi connectivity index (χ2v) is 4.84. The number of aliphatic hydroxyl groups is 1. The van der Waals surface area contributed by atoms with Gasteiger partial charge >= 0.3 is 0 Å². The number of aromatic nitrogens is 3. The lowest BCUT2D eigenvalue weighted by Crippen LogP contribution is -2.24. The Balaban J connectivity index is 2.01. The van der Waals surface area contributed by atoms with Crippen molar-refractivity contribution >= 4 is 16.9 Å². The van der Waals surface area contributed by atoms with Crippen LogP contribution in [0, 0.1) is 6.92 Å². The number of unbranched alkanes of at least 4 members (excludes halogenated alkanes) is 2. The molecule has 0 bridgehead atoms. The van der Waals surface area contributed by atoms with Gasteiger partial charge in [-0.05, 0) is 32.3 Å². The molecule has 0 saturated heterocycles. The smallest absolute Gasteiger partial charge is 0.252 e. The summed E-state index contributed by atoms with van der Waals surface area (Å²) in [5.41, 5.74) is 2.20. The van der Waals surface area contributed by atoms with Crippen LogP contribution in [-0.2, 0) is 7.05 Å². The average molecular weight is 276 g/mol. The topological polar surface area (TPSA) is 80.0 Å². The van der Waals surface area contributed by atoms with Gasteiger partial charge in [-0.25, -0.2) is 4.98 Å². The summed E-state index contributed by atoms with van der Waals surface area (Å²) in [4.78, 5) is 16.3. The van der Waals surface area contributed by atoms with Crippen LogP contribution in [0.5, 0.6) is 0 Å². The normalized spacial score (nSPS) is 10.9. The summed E-state index contributed by atoms with van der Waals surface area (Å²) in [6.07, 6.45) is 4.13. The van der Waals surface area contributed by atoms with Gasteiger partial charge in [0.2, 0.25) is 0 Å². The molecule has 20 heavy (non-hydrogen) atoms. The molecule has 2 rings (SSSR count). The quantitative estimate of drug-likeness (QED) is 0.776. The third-order valence-electron chi connectivity index (χ3n) is 3.25. The Labute approximate surface area is 117 Å². The molecule has 2 N–H and O–H groups in total. The highest BCUT2D eigenvalue weighted by Gasteiger charge is 2.11. The van der Waals surface area contributed by atoms with Crippen LogP contribution >= 0.6 is 0 Å². The van der Waals surface area contributed by atoms with E-state index in [-0.39, 0.29) is 12.5 Å². The molecule has 0 aromatic carbocycles. The molecule has 2 aromatic rings. The van der Waals surface area contributed by atoms with E-state index in [4.69, 9.17) is 5.11 Å². The van der Waals surface area contributed by atoms with Crippen LogP contribution in [0.15, 0.2) is 12.3 Å². The number of pyridine rings is 1. The van der Waals surface area contributed by atoms with E-state index in [1.54, 1.807) is 10.9 Å². The molecule has 0 aliphatic heterocycles. The minimum absolute atomic E-state index is 0.119. The van der Waals surface area contributed by atoms with Gasteiger partial charge in [0.15, 0.2) is 5.65 Å². The monoisotopic (exact) mass is 276 g/mol. The minimum atomic E-state index is -0.119. The lowest BCUT2D eigenvalue weighted by Gasteiger charge is -2.05. The number of carbonyl (C=O) groups excluding carboxylic acids is 1. The number of hydrogen-bond donors (Lipinski definition) is 2. The number of hydrogen-bond acceptors (Lipinski definition) is 4. The first kappa shape index (κ1) is 14.5. The third-order valence-corrected chi connectivity index (χ3v) is 3.25. The number of aryl methyl sites for hydroxylation is 2. The molecule has 2 heterocycles. The van der Waals surface area contributed by atoms with Crippen molar-refractivity contribution in [2.75, 3.05) is 13.2 Å². The Bertz CT molecular complexity index is 606. The van der Waals surface area contributed by atoms with E-state index >= 15 is 0 Å². The van der Waals surface area contributed by atoms with E-state index in [1.165, 1.54) is 0 Å². The average Bonchev–Trinajstić information content (AvgIpc) is 2.73. The van der Waals surface area contributed by atoms with E-state index in [2.05, 4.69) is 15.4 Å². The molecule has 108 valence electrons. The highest BCUT2D eigenvalue weighted by molar-refractivity contribution is 5.97. The first-order valence-corrected chi connectivity index (χ1v) is 6.82. The number of nitrogens with zero attached hydrogens (tertiary/aromatic N) is 3. The Hall–Kier alpha value is -1.95. The molecule has 0 spiro atoms. The van der Waals surface area contributed by atoms with Crippen LogP contribution in [0.3, 0.4) is 0 Å². The number of amides is 1. The summed E-state index contributed by atoms with van der Waals surface area (Å²) < 4.78 is 1.71. The maximum Gasteiger partial charge on any atom is 0.252 e. The number of aliphatic hydroxyl groups excluding tert-OH is 1. The minimum Gasteiger partial charge on any atom is -0.396 e. The fourth-order valence-electron chi connectivity index (χ4n) is 2.15. The van der Waals surface area contributed by atoms with Crippen LogP contribution < -0.4 is 5.32 Å². The summed E-state index contributed by atoms with van der Waals surface area (Å²) in [7, 11) is 1.84. The SMILES string of the molecule is Cc1nn(C)c2ncc(C(=O)NCCCCCO)cc12. The standard InChI is InChI=1S/C14H20N4O2/c1-10-12-8-11(9-16-13(12)18(2)17-10)14(20)15-6-4-3-5-7-19/h8-9,19H,3-7H2,1-2H3,(H,15,20). The summed E-state index contributed by atoms with van der Waals surface area (Å²) in [5.74, 6) is -0.119. The maximum absolute atomic E-state index is 12.0. The molecule has 6 heteroatoms. The van der Waals surface area contributed by atoms with Gasteiger partial charge in [-0.3, -0.25) is 9.48 Å². The predicted octanol–water partition coefficient (Wildman–Crippen LogP) is 1.17. The molecule has 1 amide bonds. The highest BCUT2D eigenvalue weighted by Crippen LogP contribution is 2.16. The molecule has 0 unspecified atom stereocenters. The summed E-state index contributed by atoms with van der Waals surface area (Å²) in [5, 5.41) is 16.7. The zero-order chi connectivity index (χ0) is 14.5. The van der Waals surface area contributed by atoms with E-state index in [1.807, 2.05) is 20.0 Å². The van der Waals surface area contributed by atoms with Crippen molar-refractivity contribution in [1.82, 2.24) is 20.1 Å². The zero-order valence-corrected chi connectivity index (χ0v) is 11.9. The van der Waals surface area contributed by atoms with Crippen molar-refractivity contribution in [2.24, 2.45) is 7.05 Å². The second kappa shape index (κ2) is 6.47. The first-order valence-electron chi connectivity index (χ1n) is 6.82. The molecule has 0 fully saturated rings. The zero-order valence-electron chi connectivity index (χ0n) is 11.9. The second-order valence-electron chi connectivity index (χ2n) is 4.84. The molecular weight excluding hydrogens is 256 g/mol. The Morgan fingerprint density at radius 2 is 2.20 bits per heavy atom. The molecular formula is C14H20N4O2. The first-order chi connectivity index (χ1) is 9.63. The van der Waals surface area contributed by atoms with Crippen molar-refractivity contribution in [3.8, 4) is 0 Å². The van der Waals surface area contributed by atoms with Gasteiger partial charge in [0.1, 0.15) is 0 Å². The van der Waals surface area contributed by atoms with Crippen molar-refractivity contribution in [3.63, 3.8) is 0 Å². The number of nitrogens with one attached hydrogen (secondary N) is 1. The molecule has 0 aliphatic rings. The van der Waals surface area contributed by atoms with E-state index in [9.17, 15) is 4.79 Å². The van der Waals surface area contributed by atoms with Crippen LogP contribution in [0.4, 0.5) is 0 Å². The maximum atomic E-state index is 12.0. The summed E-state index contributed by atoms with van der Waals surface area (Å²) in [6.45, 7) is 2.72. The van der Waals surface area contributed by atoms with Crippen molar-refractivity contribution in [1.29, 1.82) is 0 Å². The predicted molar refractivity (Wildman–Crippen MR) is 76.5 cm³/mol. The fraction of sp³-hybridized carbons (Fsp3) is 0.500. The molecule has 2 aromatic heterocycles. The van der Waals surface area contributed by atoms with Gasteiger partial charge in [0, 0.05) is 31.8 Å². The summed E-state index contributed by atoms with van der Waals surface area (Å²) in [6, 6.07) is 1.83. The van der Waals surface area contributed by atoms with E-state index < -0.39 is 0 Å². The van der Waals surface area contributed by atoms with Gasteiger partial charge in [0.25, 0.3) is 5.91 Å². The van der Waals surface area contributed by atoms with Crippen molar-refractivity contribution in [2.45, 2.75) is 26.2 Å². The van der Waals surface area contributed by atoms with Gasteiger partial charge < -0.3 is 10.4 Å². The molecule has 0 saturated carbocycles. The van der Waals surface area contributed by atoms with Crippen molar-refractivity contribution in [3.05, 3.63) is 23.5 Å². The Kier molecular flexibility index (Phi) is 4.68. The van der Waals surface area contributed by atoms with Gasteiger partial charge in [0.05, 0.1) is 11.3 Å².